The van der Waals surface area contributed by atoms with E-state index in [2.05, 4.69) is 10.6 Å². The molecule has 1 fully saturated rings. The first-order valence-electron chi connectivity index (χ1n) is 5.01. The van der Waals surface area contributed by atoms with Crippen LogP contribution in [0.25, 0.3) is 0 Å². The zero-order valence-corrected chi connectivity index (χ0v) is 8.63. The van der Waals surface area contributed by atoms with Crippen LogP contribution in [-0.2, 0) is 14.3 Å². The normalized spacial score (nSPS) is 23.5. The Labute approximate surface area is 87.9 Å². The van der Waals surface area contributed by atoms with Gasteiger partial charge in [0, 0.05) is 6.08 Å². The lowest BCUT2D eigenvalue weighted by molar-refractivity contribution is -0.137. The second-order valence-corrected chi connectivity index (χ2v) is 3.87. The molecule has 0 unspecified atom stereocenters. The van der Waals surface area contributed by atoms with Gasteiger partial charge < -0.3 is 15.4 Å². The predicted octanol–water partition coefficient (Wildman–Crippen LogP) is -0.662. The third-order valence-electron chi connectivity index (χ3n) is 3.02. The molecule has 2 aliphatic rings. The lowest BCUT2D eigenvalue weighted by Crippen LogP contribution is -2.53. The van der Waals surface area contributed by atoms with Crippen molar-refractivity contribution in [3.8, 4) is 0 Å². The summed E-state index contributed by atoms with van der Waals surface area (Å²) in [4.78, 5) is 22.9. The van der Waals surface area contributed by atoms with Crippen LogP contribution in [0.4, 0.5) is 0 Å². The molecule has 1 amide bonds. The van der Waals surface area contributed by atoms with Gasteiger partial charge in [0.2, 0.25) is 5.91 Å². The Kier molecular flexibility index (Phi) is 2.48. The van der Waals surface area contributed by atoms with Gasteiger partial charge in [-0.05, 0) is 25.9 Å². The van der Waals surface area contributed by atoms with Crippen LogP contribution >= 0.6 is 0 Å². The number of esters is 1. The number of piperidine rings is 1. The number of hydrogen-bond acceptors (Lipinski definition) is 4. The maximum atomic E-state index is 11.5. The molecule has 1 spiro atoms. The molecule has 15 heavy (non-hydrogen) atoms. The third-order valence-corrected chi connectivity index (χ3v) is 3.02. The largest absolute Gasteiger partial charge is 0.466 e. The number of carbonyl (C=O) groups excluding carboxylic acids is 2. The molecule has 5 nitrogen and oxygen atoms in total. The van der Waals surface area contributed by atoms with Crippen molar-refractivity contribution in [2.45, 2.75) is 18.4 Å². The first kappa shape index (κ1) is 10.2. The second-order valence-electron chi connectivity index (χ2n) is 3.87. The topological polar surface area (TPSA) is 67.4 Å². The maximum absolute atomic E-state index is 11.5. The number of carbonyl (C=O) groups is 2. The van der Waals surface area contributed by atoms with Crippen LogP contribution in [0.3, 0.4) is 0 Å². The summed E-state index contributed by atoms with van der Waals surface area (Å²) in [6.45, 7) is 1.60. The van der Waals surface area contributed by atoms with Crippen LogP contribution < -0.4 is 10.6 Å². The Morgan fingerprint density at radius 1 is 1.47 bits per heavy atom. The van der Waals surface area contributed by atoms with Crippen molar-refractivity contribution in [1.82, 2.24) is 10.6 Å². The predicted molar refractivity (Wildman–Crippen MR) is 53.1 cm³/mol. The molecule has 0 saturated carbocycles. The Morgan fingerprint density at radius 3 is 2.73 bits per heavy atom. The van der Waals surface area contributed by atoms with Gasteiger partial charge >= 0.3 is 5.97 Å². The Morgan fingerprint density at radius 2 is 2.13 bits per heavy atom. The Balaban J connectivity index is 2.28. The highest BCUT2D eigenvalue weighted by molar-refractivity contribution is 6.04. The molecule has 0 atom stereocenters. The molecule has 0 aliphatic carbocycles. The maximum Gasteiger partial charge on any atom is 0.336 e. The van der Waals surface area contributed by atoms with Crippen molar-refractivity contribution in [3.63, 3.8) is 0 Å². The molecule has 1 saturated heterocycles. The smallest absolute Gasteiger partial charge is 0.336 e. The van der Waals surface area contributed by atoms with Gasteiger partial charge in [-0.1, -0.05) is 0 Å². The number of rotatable bonds is 1. The fourth-order valence-electron chi connectivity index (χ4n) is 2.22. The number of methoxy groups -OCH3 is 1. The number of nitrogens with one attached hydrogen (secondary N) is 2. The molecule has 0 aromatic rings. The van der Waals surface area contributed by atoms with Gasteiger partial charge in [0.1, 0.15) is 0 Å². The highest BCUT2D eigenvalue weighted by Crippen LogP contribution is 2.31. The minimum atomic E-state index is -0.491. The molecular formula is C10H14N2O3. The second kappa shape index (κ2) is 3.66. The summed E-state index contributed by atoms with van der Waals surface area (Å²) in [6, 6.07) is 0. The molecule has 2 rings (SSSR count). The fraction of sp³-hybridized carbons (Fsp3) is 0.600. The van der Waals surface area contributed by atoms with Crippen LogP contribution in [0.2, 0.25) is 0 Å². The van der Waals surface area contributed by atoms with Crippen molar-refractivity contribution in [3.05, 3.63) is 11.6 Å². The number of amides is 1. The number of hydrogen-bond donors (Lipinski definition) is 2. The number of ether oxygens (including phenoxy) is 1. The highest BCUT2D eigenvalue weighted by atomic mass is 16.5. The van der Waals surface area contributed by atoms with E-state index in [1.807, 2.05) is 0 Å². The van der Waals surface area contributed by atoms with Crippen LogP contribution in [0, 0.1) is 0 Å². The van der Waals surface area contributed by atoms with Gasteiger partial charge in [0.25, 0.3) is 0 Å². The average Bonchev–Trinajstić information content (AvgIpc) is 2.55. The van der Waals surface area contributed by atoms with Crippen molar-refractivity contribution >= 4 is 11.9 Å². The van der Waals surface area contributed by atoms with E-state index < -0.39 is 11.5 Å². The zero-order valence-electron chi connectivity index (χ0n) is 8.63. The van der Waals surface area contributed by atoms with E-state index in [1.165, 1.54) is 13.2 Å². The third kappa shape index (κ3) is 1.63. The Bertz CT molecular complexity index is 330. The van der Waals surface area contributed by atoms with E-state index in [0.717, 1.165) is 25.9 Å². The minimum absolute atomic E-state index is 0.197. The average molecular weight is 210 g/mol. The summed E-state index contributed by atoms with van der Waals surface area (Å²) in [5, 5.41) is 6.06. The molecule has 2 heterocycles. The van der Waals surface area contributed by atoms with Gasteiger partial charge in [-0.2, -0.15) is 0 Å². The molecular weight excluding hydrogens is 196 g/mol. The summed E-state index contributed by atoms with van der Waals surface area (Å²) in [6.07, 6.45) is 2.83. The van der Waals surface area contributed by atoms with Crippen molar-refractivity contribution < 1.29 is 14.3 Å². The first-order chi connectivity index (χ1) is 7.18. The van der Waals surface area contributed by atoms with Crippen LogP contribution in [0.15, 0.2) is 11.6 Å². The van der Waals surface area contributed by atoms with Gasteiger partial charge in [0.15, 0.2) is 0 Å². The molecule has 82 valence electrons. The standard InChI is InChI=1S/C10H14N2O3/c1-15-9(14)7-6-8(13)12-10(7)2-4-11-5-3-10/h6,11H,2-5H2,1H3,(H,12,13). The monoisotopic (exact) mass is 210 g/mol. The van der Waals surface area contributed by atoms with E-state index in [0.29, 0.717) is 5.57 Å². The highest BCUT2D eigenvalue weighted by Gasteiger charge is 2.44. The van der Waals surface area contributed by atoms with E-state index in [9.17, 15) is 9.59 Å². The summed E-state index contributed by atoms with van der Waals surface area (Å²) < 4.78 is 4.69. The molecule has 2 aliphatic heterocycles. The van der Waals surface area contributed by atoms with Gasteiger partial charge in [0.05, 0.1) is 18.2 Å². The summed E-state index contributed by atoms with van der Waals surface area (Å²) in [7, 11) is 1.33. The molecule has 0 radical (unpaired) electrons. The fourth-order valence-corrected chi connectivity index (χ4v) is 2.22. The molecule has 2 N–H and O–H groups in total. The summed E-state index contributed by atoms with van der Waals surface area (Å²) >= 11 is 0. The van der Waals surface area contributed by atoms with Crippen molar-refractivity contribution in [1.29, 1.82) is 0 Å². The lowest BCUT2D eigenvalue weighted by Gasteiger charge is -2.35. The van der Waals surface area contributed by atoms with Crippen molar-refractivity contribution in [2.75, 3.05) is 20.2 Å². The van der Waals surface area contributed by atoms with E-state index >= 15 is 0 Å². The van der Waals surface area contributed by atoms with Crippen LogP contribution in [0.1, 0.15) is 12.8 Å². The molecule has 0 aromatic heterocycles. The quantitative estimate of drug-likeness (QED) is 0.564. The summed E-state index contributed by atoms with van der Waals surface area (Å²) in [5.41, 5.74) is -0.0217. The van der Waals surface area contributed by atoms with E-state index in [-0.39, 0.29) is 5.91 Å². The minimum Gasteiger partial charge on any atom is -0.466 e. The van der Waals surface area contributed by atoms with E-state index in [1.54, 1.807) is 0 Å². The van der Waals surface area contributed by atoms with Crippen LogP contribution in [0.5, 0.6) is 0 Å². The van der Waals surface area contributed by atoms with E-state index in [4.69, 9.17) is 4.74 Å². The lowest BCUT2D eigenvalue weighted by atomic mass is 9.83. The first-order valence-corrected chi connectivity index (χ1v) is 5.01. The molecule has 0 bridgehead atoms. The zero-order chi connectivity index (χ0) is 10.9. The Hall–Kier alpha value is -1.36. The summed E-state index contributed by atoms with van der Waals surface area (Å²) in [5.74, 6) is -0.604. The molecule has 5 heteroatoms. The van der Waals surface area contributed by atoms with Crippen LogP contribution in [-0.4, -0.2) is 37.6 Å². The van der Waals surface area contributed by atoms with Gasteiger partial charge in [-0.3, -0.25) is 4.79 Å². The molecule has 0 aromatic carbocycles. The van der Waals surface area contributed by atoms with Gasteiger partial charge in [-0.25, -0.2) is 4.79 Å². The SMILES string of the molecule is COC(=O)C1=CC(=O)NC12CCNCC2. The van der Waals surface area contributed by atoms with Crippen molar-refractivity contribution in [2.24, 2.45) is 0 Å². The van der Waals surface area contributed by atoms with Gasteiger partial charge in [-0.15, -0.1) is 0 Å².